The molecule has 30 heavy (non-hydrogen) atoms. The molecular weight excluding hydrogens is 501 g/mol. The van der Waals surface area contributed by atoms with Crippen LogP contribution in [0.25, 0.3) is 0 Å². The van der Waals surface area contributed by atoms with E-state index in [4.69, 9.17) is 0 Å². The zero-order valence-corrected chi connectivity index (χ0v) is 19.9. The average Bonchev–Trinajstić information content (AvgIpc) is 3.26. The van der Waals surface area contributed by atoms with Crippen molar-refractivity contribution in [2.45, 2.75) is 70.5 Å². The molecule has 4 rings (SSSR count). The molecule has 1 aliphatic carbocycles. The van der Waals surface area contributed by atoms with Crippen molar-refractivity contribution in [3.05, 3.63) is 47.0 Å². The van der Waals surface area contributed by atoms with Crippen LogP contribution in [0.15, 0.2) is 23.2 Å². The van der Waals surface area contributed by atoms with Crippen LogP contribution in [0.2, 0.25) is 0 Å². The minimum Gasteiger partial charge on any atom is -0.353 e. The number of benzene rings is 1. The van der Waals surface area contributed by atoms with E-state index in [0.29, 0.717) is 24.8 Å². The predicted octanol–water partition coefficient (Wildman–Crippen LogP) is 3.72. The molecule has 0 amide bonds. The molecule has 1 aromatic carbocycles. The second-order valence-electron chi connectivity index (χ2n) is 8.15. The first kappa shape index (κ1) is 22.9. The number of fused-ring (bicyclic) bond motifs is 1. The van der Waals surface area contributed by atoms with Gasteiger partial charge in [-0.25, -0.2) is 18.4 Å². The van der Waals surface area contributed by atoms with Crippen molar-refractivity contribution in [3.8, 4) is 0 Å². The van der Waals surface area contributed by atoms with Crippen LogP contribution in [0.4, 0.5) is 8.78 Å². The zero-order valence-electron chi connectivity index (χ0n) is 17.5. The molecule has 3 atom stereocenters. The Bertz CT molecular complexity index is 893. The summed E-state index contributed by atoms with van der Waals surface area (Å²) < 4.78 is 30.1. The van der Waals surface area contributed by atoms with Gasteiger partial charge in [-0.05, 0) is 31.9 Å². The number of nitrogens with one attached hydrogen (secondary N) is 2. The third kappa shape index (κ3) is 4.92. The van der Waals surface area contributed by atoms with Crippen LogP contribution in [0.5, 0.6) is 0 Å². The third-order valence-electron chi connectivity index (χ3n) is 5.53. The molecule has 2 N–H and O–H groups in total. The number of guanidine groups is 1. The van der Waals surface area contributed by atoms with Gasteiger partial charge in [0.15, 0.2) is 11.8 Å². The topological polar surface area (TPSA) is 67.1 Å². The smallest absolute Gasteiger partial charge is 0.191 e. The number of nitrogens with zero attached hydrogens (tertiary/aromatic N) is 4. The molecule has 1 fully saturated rings. The van der Waals surface area contributed by atoms with E-state index in [-0.39, 0.29) is 47.5 Å². The first-order chi connectivity index (χ1) is 14.0. The van der Waals surface area contributed by atoms with Crippen molar-refractivity contribution >= 4 is 29.9 Å². The summed E-state index contributed by atoms with van der Waals surface area (Å²) in [5, 5.41) is 11.4. The molecule has 2 aromatic rings. The van der Waals surface area contributed by atoms with E-state index in [9.17, 15) is 8.78 Å². The van der Waals surface area contributed by atoms with Crippen LogP contribution >= 0.6 is 24.0 Å². The maximum absolute atomic E-state index is 14.0. The first-order valence-corrected chi connectivity index (χ1v) is 10.4. The van der Waals surface area contributed by atoms with E-state index in [1.54, 1.807) is 0 Å². The molecule has 2 aliphatic rings. The van der Waals surface area contributed by atoms with E-state index in [2.05, 4.69) is 39.6 Å². The largest absolute Gasteiger partial charge is 0.353 e. The predicted molar refractivity (Wildman–Crippen MR) is 123 cm³/mol. The molecule has 9 heteroatoms. The van der Waals surface area contributed by atoms with Gasteiger partial charge in [0, 0.05) is 42.4 Å². The van der Waals surface area contributed by atoms with E-state index in [1.165, 1.54) is 18.2 Å². The highest BCUT2D eigenvalue weighted by molar-refractivity contribution is 14.0. The van der Waals surface area contributed by atoms with Gasteiger partial charge in [0.05, 0.1) is 6.54 Å². The molecule has 2 heterocycles. The van der Waals surface area contributed by atoms with Crippen molar-refractivity contribution < 1.29 is 8.78 Å². The number of hydrogen-bond donors (Lipinski definition) is 2. The van der Waals surface area contributed by atoms with Crippen molar-refractivity contribution in [1.29, 1.82) is 0 Å². The van der Waals surface area contributed by atoms with Crippen molar-refractivity contribution in [2.24, 2.45) is 4.99 Å². The van der Waals surface area contributed by atoms with Crippen LogP contribution in [0.3, 0.4) is 0 Å². The molecule has 3 unspecified atom stereocenters. The van der Waals surface area contributed by atoms with E-state index < -0.39 is 11.6 Å². The van der Waals surface area contributed by atoms with Gasteiger partial charge in [-0.2, -0.15) is 5.10 Å². The minimum absolute atomic E-state index is 0. The molecular formula is C21H29F2IN6. The maximum Gasteiger partial charge on any atom is 0.191 e. The monoisotopic (exact) mass is 530 g/mol. The van der Waals surface area contributed by atoms with Crippen molar-refractivity contribution in [2.75, 3.05) is 6.54 Å². The van der Waals surface area contributed by atoms with Gasteiger partial charge in [0.2, 0.25) is 0 Å². The molecule has 1 aliphatic heterocycles. The number of rotatable bonds is 5. The molecule has 1 aromatic heterocycles. The lowest BCUT2D eigenvalue weighted by molar-refractivity contribution is 0.391. The highest BCUT2D eigenvalue weighted by Crippen LogP contribution is 2.43. The Kier molecular flexibility index (Phi) is 7.30. The Morgan fingerprint density at radius 3 is 2.67 bits per heavy atom. The number of aromatic nitrogens is 3. The standard InChI is InChI=1S/C21H28F2N6.HI/c1-4-24-21(26-17-10-14(17)19-15(22)6-5-7-16(19)23)25-13-8-9-18-27-20(12(2)3)28-29(18)11-13;/h5-7,12-14,17H,4,8-11H2,1-3H3,(H2,24,25,26);1H. The number of hydrogen-bond acceptors (Lipinski definition) is 3. The lowest BCUT2D eigenvalue weighted by Crippen LogP contribution is -2.48. The Morgan fingerprint density at radius 1 is 1.27 bits per heavy atom. The van der Waals surface area contributed by atoms with Gasteiger partial charge in [0.25, 0.3) is 0 Å². The molecule has 6 nitrogen and oxygen atoms in total. The van der Waals surface area contributed by atoms with Crippen LogP contribution in [-0.4, -0.2) is 39.4 Å². The van der Waals surface area contributed by atoms with Gasteiger partial charge < -0.3 is 10.6 Å². The van der Waals surface area contributed by atoms with Gasteiger partial charge in [0.1, 0.15) is 17.5 Å². The summed E-state index contributed by atoms with van der Waals surface area (Å²) in [7, 11) is 0. The van der Waals surface area contributed by atoms with E-state index in [1.807, 2.05) is 11.6 Å². The number of aliphatic imine (C=N–C) groups is 1. The summed E-state index contributed by atoms with van der Waals surface area (Å²) in [6.07, 6.45) is 2.50. The van der Waals surface area contributed by atoms with Gasteiger partial charge in [-0.3, -0.25) is 4.99 Å². The second kappa shape index (κ2) is 9.57. The molecule has 0 saturated heterocycles. The zero-order chi connectivity index (χ0) is 20.5. The van der Waals surface area contributed by atoms with Crippen molar-refractivity contribution in [1.82, 2.24) is 25.4 Å². The Morgan fingerprint density at radius 2 is 2.00 bits per heavy atom. The van der Waals surface area contributed by atoms with Crippen molar-refractivity contribution in [3.63, 3.8) is 0 Å². The van der Waals surface area contributed by atoms with Crippen LogP contribution in [0, 0.1) is 11.6 Å². The minimum atomic E-state index is -0.479. The van der Waals surface area contributed by atoms with Crippen LogP contribution in [0.1, 0.15) is 62.7 Å². The van der Waals surface area contributed by atoms with E-state index >= 15 is 0 Å². The molecule has 0 spiro atoms. The first-order valence-electron chi connectivity index (χ1n) is 10.4. The summed E-state index contributed by atoms with van der Waals surface area (Å²) in [5.41, 5.74) is 0.173. The lowest BCUT2D eigenvalue weighted by atomic mass is 10.1. The number of aryl methyl sites for hydroxylation is 1. The molecule has 0 bridgehead atoms. The quantitative estimate of drug-likeness (QED) is 0.352. The van der Waals surface area contributed by atoms with Gasteiger partial charge >= 0.3 is 0 Å². The fourth-order valence-electron chi connectivity index (χ4n) is 3.89. The Hall–Kier alpha value is -1.78. The third-order valence-corrected chi connectivity index (χ3v) is 5.53. The Labute approximate surface area is 193 Å². The molecule has 0 radical (unpaired) electrons. The normalized spacial score (nSPS) is 23.0. The van der Waals surface area contributed by atoms with Crippen LogP contribution in [-0.2, 0) is 13.0 Å². The lowest BCUT2D eigenvalue weighted by Gasteiger charge is -2.25. The summed E-state index contributed by atoms with van der Waals surface area (Å²) >= 11 is 0. The van der Waals surface area contributed by atoms with Crippen LogP contribution < -0.4 is 10.6 Å². The highest BCUT2D eigenvalue weighted by Gasteiger charge is 2.42. The fourth-order valence-corrected chi connectivity index (χ4v) is 3.89. The summed E-state index contributed by atoms with van der Waals surface area (Å²) in [5.74, 6) is 1.79. The van der Waals surface area contributed by atoms with E-state index in [0.717, 1.165) is 31.0 Å². The Balaban J connectivity index is 0.00000256. The second-order valence-corrected chi connectivity index (χ2v) is 8.15. The summed E-state index contributed by atoms with van der Waals surface area (Å²) in [4.78, 5) is 9.15. The maximum atomic E-state index is 14.0. The van der Waals surface area contributed by atoms with Gasteiger partial charge in [-0.15, -0.1) is 24.0 Å². The SMILES string of the molecule is CCN=C(NC1CCc2nc(C(C)C)nn2C1)NC1CC1c1c(F)cccc1F.I. The summed E-state index contributed by atoms with van der Waals surface area (Å²) in [6.45, 7) is 7.51. The van der Waals surface area contributed by atoms with Gasteiger partial charge in [-0.1, -0.05) is 19.9 Å². The molecule has 1 saturated carbocycles. The fraction of sp³-hybridized carbons (Fsp3) is 0.571. The number of halogens is 3. The average molecular weight is 530 g/mol. The molecule has 164 valence electrons. The summed E-state index contributed by atoms with van der Waals surface area (Å²) in [6, 6.07) is 4.20. The highest BCUT2D eigenvalue weighted by atomic mass is 127.